The molecule has 1 aliphatic heterocycles. The minimum Gasteiger partial charge on any atom is -0.405 e. The number of hydrogen-bond acceptors (Lipinski definition) is 2. The molecule has 140 valence electrons. The van der Waals surface area contributed by atoms with Crippen LogP contribution < -0.4 is 10.4 Å². The number of benzene rings is 2. The van der Waals surface area contributed by atoms with Crippen molar-refractivity contribution < 1.29 is 9.16 Å². The summed E-state index contributed by atoms with van der Waals surface area (Å²) in [6, 6.07) is 21.5. The molecule has 2 aromatic carbocycles. The van der Waals surface area contributed by atoms with Gasteiger partial charge in [0.05, 0.1) is 12.7 Å². The van der Waals surface area contributed by atoms with Crippen LogP contribution in [0.25, 0.3) is 0 Å². The summed E-state index contributed by atoms with van der Waals surface area (Å²) in [5.41, 5.74) is -0.292. The van der Waals surface area contributed by atoms with E-state index in [4.69, 9.17) is 15.6 Å². The van der Waals surface area contributed by atoms with Gasteiger partial charge in [0, 0.05) is 5.92 Å². The first kappa shape index (κ1) is 18.5. The Kier molecular flexibility index (Phi) is 4.54. The summed E-state index contributed by atoms with van der Waals surface area (Å²) in [5, 5.41) is 2.60. The summed E-state index contributed by atoms with van der Waals surface area (Å²) in [6.07, 6.45) is 7.83. The number of terminal acetylenes is 1. The quantitative estimate of drug-likeness (QED) is 0.585. The van der Waals surface area contributed by atoms with Crippen LogP contribution >= 0.6 is 0 Å². The van der Waals surface area contributed by atoms with Gasteiger partial charge in [0.1, 0.15) is 5.60 Å². The Hall–Kier alpha value is -1.86. The van der Waals surface area contributed by atoms with E-state index in [9.17, 15) is 0 Å². The van der Waals surface area contributed by atoms with Gasteiger partial charge in [-0.05, 0) is 28.3 Å². The van der Waals surface area contributed by atoms with Gasteiger partial charge in [-0.3, -0.25) is 0 Å². The minimum atomic E-state index is -2.49. The van der Waals surface area contributed by atoms with E-state index in [0.29, 0.717) is 12.5 Å². The van der Waals surface area contributed by atoms with E-state index in [0.717, 1.165) is 12.8 Å². The summed E-state index contributed by atoms with van der Waals surface area (Å²) in [4.78, 5) is 0. The van der Waals surface area contributed by atoms with Crippen molar-refractivity contribution in [3.63, 3.8) is 0 Å². The van der Waals surface area contributed by atoms with E-state index in [1.54, 1.807) is 0 Å². The first-order valence-corrected chi connectivity index (χ1v) is 11.7. The third-order valence-electron chi connectivity index (χ3n) is 6.12. The maximum absolute atomic E-state index is 6.95. The van der Waals surface area contributed by atoms with Crippen LogP contribution in [0.4, 0.5) is 0 Å². The lowest BCUT2D eigenvalue weighted by atomic mass is 10.2. The van der Waals surface area contributed by atoms with Crippen LogP contribution in [-0.2, 0) is 9.16 Å². The first-order valence-electron chi connectivity index (χ1n) is 9.82. The zero-order valence-electron chi connectivity index (χ0n) is 16.4. The van der Waals surface area contributed by atoms with E-state index >= 15 is 0 Å². The van der Waals surface area contributed by atoms with Crippen LogP contribution in [-0.4, -0.2) is 26.6 Å². The average Bonchev–Trinajstić information content (AvgIpc) is 3.24. The van der Waals surface area contributed by atoms with E-state index in [1.807, 2.05) is 0 Å². The summed E-state index contributed by atoms with van der Waals surface area (Å²) >= 11 is 0. The predicted molar refractivity (Wildman–Crippen MR) is 113 cm³/mol. The van der Waals surface area contributed by atoms with Gasteiger partial charge in [0.15, 0.2) is 0 Å². The minimum absolute atomic E-state index is 0.0129. The van der Waals surface area contributed by atoms with Crippen molar-refractivity contribution in [1.29, 1.82) is 0 Å². The number of ether oxygens (including phenoxy) is 1. The Morgan fingerprint density at radius 3 is 2.07 bits per heavy atom. The molecule has 0 amide bonds. The lowest BCUT2D eigenvalue weighted by molar-refractivity contribution is 0.00723. The van der Waals surface area contributed by atoms with Gasteiger partial charge in [-0.15, -0.1) is 6.42 Å². The Morgan fingerprint density at radius 2 is 1.63 bits per heavy atom. The molecule has 1 saturated carbocycles. The second-order valence-electron chi connectivity index (χ2n) is 8.88. The van der Waals surface area contributed by atoms with Crippen LogP contribution in [0.5, 0.6) is 0 Å². The monoisotopic (exact) mass is 376 g/mol. The molecule has 2 aliphatic rings. The topological polar surface area (TPSA) is 18.5 Å². The van der Waals surface area contributed by atoms with E-state index in [1.165, 1.54) is 10.4 Å². The molecule has 1 aliphatic carbocycles. The molecule has 1 heterocycles. The summed E-state index contributed by atoms with van der Waals surface area (Å²) < 4.78 is 13.2. The van der Waals surface area contributed by atoms with Crippen LogP contribution in [0, 0.1) is 18.3 Å². The van der Waals surface area contributed by atoms with Crippen molar-refractivity contribution in [2.75, 3.05) is 6.61 Å². The van der Waals surface area contributed by atoms with Crippen molar-refractivity contribution in [2.45, 2.75) is 50.4 Å². The zero-order chi connectivity index (χ0) is 19.1. The molecule has 3 heteroatoms. The highest BCUT2D eigenvalue weighted by Crippen LogP contribution is 2.56. The molecule has 2 fully saturated rings. The molecule has 0 radical (unpaired) electrons. The SMILES string of the molecule is C#C[C@@]12C[C@@H]1C[C@@H](CO[Si](c1ccccc1)(c1ccccc1)C(C)(C)C)O2. The summed E-state index contributed by atoms with van der Waals surface area (Å²) in [6.45, 7) is 7.51. The third-order valence-corrected chi connectivity index (χ3v) is 11.1. The standard InChI is InChI=1S/C24H28O2Si/c1-5-24-17-19(24)16-20(26-24)18-25-27(23(2,3)4,21-12-8-6-9-13-21)22-14-10-7-11-15-22/h1,6-15,19-20H,16-18H2,2-4H3/t19-,20-,24+/m0/s1. The molecule has 2 nitrogen and oxygen atoms in total. The van der Waals surface area contributed by atoms with Crippen molar-refractivity contribution >= 4 is 18.7 Å². The van der Waals surface area contributed by atoms with Crippen LogP contribution in [0.1, 0.15) is 33.6 Å². The van der Waals surface area contributed by atoms with Crippen molar-refractivity contribution in [2.24, 2.45) is 5.92 Å². The normalized spacial score (nSPS) is 27.0. The largest absolute Gasteiger partial charge is 0.405 e. The fourth-order valence-electron chi connectivity index (χ4n) is 4.68. The van der Waals surface area contributed by atoms with E-state index in [-0.39, 0.29) is 16.7 Å². The fourth-order valence-corrected chi connectivity index (χ4v) is 9.27. The van der Waals surface area contributed by atoms with Crippen molar-refractivity contribution in [1.82, 2.24) is 0 Å². The molecule has 0 aromatic heterocycles. The highest BCUT2D eigenvalue weighted by atomic mass is 28.4. The smallest absolute Gasteiger partial charge is 0.261 e. The second-order valence-corrected chi connectivity index (χ2v) is 13.2. The van der Waals surface area contributed by atoms with Crippen LogP contribution in [0.15, 0.2) is 60.7 Å². The Morgan fingerprint density at radius 1 is 1.07 bits per heavy atom. The van der Waals surface area contributed by atoms with Gasteiger partial charge in [0.2, 0.25) is 0 Å². The Bertz CT molecular complexity index is 795. The van der Waals surface area contributed by atoms with E-state index < -0.39 is 8.32 Å². The second kappa shape index (κ2) is 6.63. The maximum Gasteiger partial charge on any atom is 0.261 e. The molecule has 27 heavy (non-hydrogen) atoms. The lowest BCUT2D eigenvalue weighted by Gasteiger charge is -2.43. The number of rotatable bonds is 5. The molecule has 0 spiro atoms. The highest BCUT2D eigenvalue weighted by Gasteiger charge is 2.61. The van der Waals surface area contributed by atoms with Gasteiger partial charge in [-0.1, -0.05) is 87.4 Å². The maximum atomic E-state index is 6.95. The van der Waals surface area contributed by atoms with Gasteiger partial charge < -0.3 is 9.16 Å². The third kappa shape index (κ3) is 3.06. The van der Waals surface area contributed by atoms with Crippen molar-refractivity contribution in [3.8, 4) is 12.3 Å². The van der Waals surface area contributed by atoms with Crippen molar-refractivity contribution in [3.05, 3.63) is 60.7 Å². The van der Waals surface area contributed by atoms with Gasteiger partial charge in [-0.25, -0.2) is 0 Å². The Labute approximate surface area is 164 Å². The predicted octanol–water partition coefficient (Wildman–Crippen LogP) is 3.74. The number of hydrogen-bond donors (Lipinski definition) is 0. The molecule has 0 N–H and O–H groups in total. The summed E-state index contributed by atoms with van der Waals surface area (Å²) in [5.74, 6) is 3.39. The summed E-state index contributed by atoms with van der Waals surface area (Å²) in [7, 11) is -2.49. The van der Waals surface area contributed by atoms with Crippen LogP contribution in [0.3, 0.4) is 0 Å². The zero-order valence-corrected chi connectivity index (χ0v) is 17.4. The molecule has 2 aromatic rings. The van der Waals surface area contributed by atoms with Crippen LogP contribution in [0.2, 0.25) is 5.04 Å². The fraction of sp³-hybridized carbons (Fsp3) is 0.417. The molecule has 0 unspecified atom stereocenters. The van der Waals surface area contributed by atoms with Gasteiger partial charge >= 0.3 is 0 Å². The van der Waals surface area contributed by atoms with E-state index in [2.05, 4.69) is 87.4 Å². The molecule has 0 bridgehead atoms. The molecule has 1 saturated heterocycles. The number of fused-ring (bicyclic) bond motifs is 1. The van der Waals surface area contributed by atoms with Gasteiger partial charge in [-0.2, -0.15) is 0 Å². The lowest BCUT2D eigenvalue weighted by Crippen LogP contribution is -2.67. The van der Waals surface area contributed by atoms with Gasteiger partial charge in [0.25, 0.3) is 8.32 Å². The molecular formula is C24H28O2Si. The molecule has 3 atom stereocenters. The highest BCUT2D eigenvalue weighted by molar-refractivity contribution is 6.99. The molecular weight excluding hydrogens is 348 g/mol. The Balaban J connectivity index is 1.69. The molecule has 4 rings (SSSR count). The average molecular weight is 377 g/mol. The first-order chi connectivity index (χ1) is 12.9.